The molecule has 3 N–H and O–H groups in total. The van der Waals surface area contributed by atoms with Crippen molar-refractivity contribution in [3.05, 3.63) is 30.3 Å². The number of likely N-dealkylation sites (tertiary alicyclic amines) is 1. The molecule has 0 aromatic heterocycles. The molecule has 1 saturated carbocycles. The van der Waals surface area contributed by atoms with Gasteiger partial charge in [-0.15, -0.1) is 0 Å². The molecular weight excluding hydrogens is 446 g/mol. The molecule has 8 heteroatoms. The molecule has 4 fully saturated rings. The maximum absolute atomic E-state index is 14.0. The van der Waals surface area contributed by atoms with E-state index in [0.717, 1.165) is 25.7 Å². The zero-order valence-corrected chi connectivity index (χ0v) is 20.7. The number of aliphatic hydroxyl groups is 1. The van der Waals surface area contributed by atoms with E-state index >= 15 is 0 Å². The number of anilines is 1. The van der Waals surface area contributed by atoms with Crippen LogP contribution in [-0.4, -0.2) is 63.7 Å². The summed E-state index contributed by atoms with van der Waals surface area (Å²) in [7, 11) is 0. The van der Waals surface area contributed by atoms with Crippen LogP contribution in [-0.2, 0) is 19.1 Å². The molecule has 3 saturated heterocycles. The number of benzene rings is 1. The van der Waals surface area contributed by atoms with Crippen molar-refractivity contribution in [1.29, 1.82) is 0 Å². The maximum Gasteiger partial charge on any atom is 0.246 e. The molecule has 1 aromatic rings. The number of fused-ring (bicyclic) bond motifs is 1. The van der Waals surface area contributed by atoms with Gasteiger partial charge in [0.1, 0.15) is 11.6 Å². The Morgan fingerprint density at radius 1 is 1.14 bits per heavy atom. The lowest BCUT2D eigenvalue weighted by molar-refractivity contribution is -0.149. The molecule has 5 rings (SSSR count). The number of para-hydroxylation sites is 1. The van der Waals surface area contributed by atoms with Crippen molar-refractivity contribution < 1.29 is 24.2 Å². The Kier molecular flexibility index (Phi) is 6.38. The molecule has 2 unspecified atom stereocenters. The monoisotopic (exact) mass is 483 g/mol. The first-order valence-corrected chi connectivity index (χ1v) is 13.1. The van der Waals surface area contributed by atoms with Crippen LogP contribution in [0.2, 0.25) is 0 Å². The van der Waals surface area contributed by atoms with Gasteiger partial charge in [-0.1, -0.05) is 44.4 Å². The van der Waals surface area contributed by atoms with E-state index in [9.17, 15) is 19.5 Å². The van der Waals surface area contributed by atoms with Crippen LogP contribution in [0.25, 0.3) is 0 Å². The Labute approximate surface area is 206 Å². The van der Waals surface area contributed by atoms with Crippen molar-refractivity contribution in [3.63, 3.8) is 0 Å². The second-order valence-corrected chi connectivity index (χ2v) is 10.9. The number of ether oxygens (including phenoxy) is 1. The SMILES string of the molecule is CC[C@@H](CO)N1C(=O)[C@@H]2[C@H](C(=O)Nc3ccccc3)[C@]3(C)CCC2(O3)C1C(=O)NC1CCCCC1. The molecule has 4 aliphatic rings. The van der Waals surface area contributed by atoms with Crippen molar-refractivity contribution in [3.8, 4) is 0 Å². The highest BCUT2D eigenvalue weighted by Gasteiger charge is 2.78. The zero-order valence-electron chi connectivity index (χ0n) is 20.7. The van der Waals surface area contributed by atoms with E-state index in [-0.39, 0.29) is 30.4 Å². The topological polar surface area (TPSA) is 108 Å². The van der Waals surface area contributed by atoms with Gasteiger partial charge in [-0.25, -0.2) is 0 Å². The molecule has 1 aromatic carbocycles. The second kappa shape index (κ2) is 9.21. The van der Waals surface area contributed by atoms with E-state index in [1.807, 2.05) is 44.2 Å². The number of hydrogen-bond acceptors (Lipinski definition) is 5. The molecular formula is C27H37N3O5. The summed E-state index contributed by atoms with van der Waals surface area (Å²) in [5, 5.41) is 16.3. The molecule has 190 valence electrons. The van der Waals surface area contributed by atoms with Crippen molar-refractivity contribution in [2.45, 2.75) is 94.5 Å². The van der Waals surface area contributed by atoms with Gasteiger partial charge in [0.25, 0.3) is 0 Å². The first-order chi connectivity index (χ1) is 16.8. The third-order valence-electron chi connectivity index (χ3n) is 8.81. The molecule has 3 heterocycles. The molecule has 8 nitrogen and oxygen atoms in total. The lowest BCUT2D eigenvalue weighted by Crippen LogP contribution is -2.59. The summed E-state index contributed by atoms with van der Waals surface area (Å²) in [5.41, 5.74) is -1.23. The fraction of sp³-hybridized carbons (Fsp3) is 0.667. The van der Waals surface area contributed by atoms with Gasteiger partial charge in [0.2, 0.25) is 17.7 Å². The van der Waals surface area contributed by atoms with Crippen LogP contribution in [0, 0.1) is 11.8 Å². The lowest BCUT2D eigenvalue weighted by atomic mass is 9.66. The van der Waals surface area contributed by atoms with E-state index < -0.39 is 35.1 Å². The van der Waals surface area contributed by atoms with E-state index in [4.69, 9.17) is 4.74 Å². The van der Waals surface area contributed by atoms with E-state index in [1.165, 1.54) is 6.42 Å². The van der Waals surface area contributed by atoms with Gasteiger partial charge in [0.05, 0.1) is 30.1 Å². The minimum atomic E-state index is -1.06. The van der Waals surface area contributed by atoms with E-state index in [1.54, 1.807) is 4.90 Å². The zero-order chi connectivity index (χ0) is 24.8. The first-order valence-electron chi connectivity index (χ1n) is 13.1. The third-order valence-corrected chi connectivity index (χ3v) is 8.81. The third kappa shape index (κ3) is 3.85. The largest absolute Gasteiger partial charge is 0.394 e. The van der Waals surface area contributed by atoms with Crippen LogP contribution in [0.4, 0.5) is 5.69 Å². The quantitative estimate of drug-likeness (QED) is 0.553. The fourth-order valence-corrected chi connectivity index (χ4v) is 7.14. The molecule has 1 spiro atoms. The van der Waals surface area contributed by atoms with Crippen LogP contribution in [0.3, 0.4) is 0 Å². The number of hydrogen-bond donors (Lipinski definition) is 3. The Morgan fingerprint density at radius 3 is 2.51 bits per heavy atom. The van der Waals surface area contributed by atoms with Gasteiger partial charge < -0.3 is 25.4 Å². The smallest absolute Gasteiger partial charge is 0.246 e. The lowest BCUT2D eigenvalue weighted by Gasteiger charge is -2.37. The standard InChI is InChI=1S/C27H37N3O5/c1-3-19(16-31)30-22(24(33)29-18-12-8-5-9-13-18)27-15-14-26(2,35-27)20(21(27)25(30)34)23(32)28-17-10-6-4-7-11-17/h4,6-7,10-11,18-22,31H,3,5,8-9,12-16H2,1-2H3,(H,28,32)(H,29,33)/t19-,20+,21-,22?,26-,27?/m0/s1. The van der Waals surface area contributed by atoms with Gasteiger partial charge in [-0.05, 0) is 51.2 Å². The fourth-order valence-electron chi connectivity index (χ4n) is 7.14. The highest BCUT2D eigenvalue weighted by molar-refractivity contribution is 6.02. The Bertz CT molecular complexity index is 976. The summed E-state index contributed by atoms with van der Waals surface area (Å²) in [4.78, 5) is 43.0. The number of carbonyl (C=O) groups is 3. The van der Waals surface area contributed by atoms with Gasteiger partial charge in [-0.3, -0.25) is 14.4 Å². The van der Waals surface area contributed by atoms with Gasteiger partial charge in [0.15, 0.2) is 0 Å². The molecule has 6 atom stereocenters. The van der Waals surface area contributed by atoms with Crippen LogP contribution in [0.1, 0.15) is 65.2 Å². The van der Waals surface area contributed by atoms with Crippen molar-refractivity contribution in [2.75, 3.05) is 11.9 Å². The second-order valence-electron chi connectivity index (χ2n) is 10.9. The van der Waals surface area contributed by atoms with Gasteiger partial charge in [0, 0.05) is 11.7 Å². The van der Waals surface area contributed by atoms with Crippen molar-refractivity contribution in [1.82, 2.24) is 10.2 Å². The summed E-state index contributed by atoms with van der Waals surface area (Å²) in [6.45, 7) is 3.55. The normalized spacial score (nSPS) is 35.1. The highest BCUT2D eigenvalue weighted by Crippen LogP contribution is 2.63. The molecule has 1 aliphatic carbocycles. The average molecular weight is 484 g/mol. The number of amides is 3. The van der Waals surface area contributed by atoms with E-state index in [0.29, 0.717) is 24.9 Å². The summed E-state index contributed by atoms with van der Waals surface area (Å²) in [6.07, 6.45) is 6.84. The maximum atomic E-state index is 14.0. The number of carbonyl (C=O) groups excluding carboxylic acids is 3. The molecule has 2 bridgehead atoms. The van der Waals surface area contributed by atoms with Crippen molar-refractivity contribution >= 4 is 23.4 Å². The van der Waals surface area contributed by atoms with E-state index in [2.05, 4.69) is 10.6 Å². The summed E-state index contributed by atoms with van der Waals surface area (Å²) in [6, 6.07) is 7.92. The van der Waals surface area contributed by atoms with Gasteiger partial charge in [-0.2, -0.15) is 0 Å². The van der Waals surface area contributed by atoms with Crippen molar-refractivity contribution in [2.24, 2.45) is 11.8 Å². The molecule has 3 amide bonds. The van der Waals surface area contributed by atoms with Gasteiger partial charge >= 0.3 is 0 Å². The first kappa shape index (κ1) is 24.3. The molecule has 0 radical (unpaired) electrons. The average Bonchev–Trinajstić information content (AvgIpc) is 3.42. The number of nitrogens with zero attached hydrogens (tertiary/aromatic N) is 1. The molecule has 35 heavy (non-hydrogen) atoms. The minimum absolute atomic E-state index is 0.0872. The highest BCUT2D eigenvalue weighted by atomic mass is 16.5. The predicted octanol–water partition coefficient (Wildman–Crippen LogP) is 2.61. The summed E-state index contributed by atoms with van der Waals surface area (Å²) < 4.78 is 6.64. The minimum Gasteiger partial charge on any atom is -0.394 e. The number of nitrogens with one attached hydrogen (secondary N) is 2. The van der Waals surface area contributed by atoms with Crippen LogP contribution >= 0.6 is 0 Å². The number of aliphatic hydroxyl groups excluding tert-OH is 1. The molecule has 3 aliphatic heterocycles. The Hall–Kier alpha value is -2.45. The Morgan fingerprint density at radius 2 is 1.86 bits per heavy atom. The van der Waals surface area contributed by atoms with Crippen LogP contribution < -0.4 is 10.6 Å². The Balaban J connectivity index is 1.50. The predicted molar refractivity (Wildman–Crippen MR) is 130 cm³/mol. The summed E-state index contributed by atoms with van der Waals surface area (Å²) in [5.74, 6) is -2.20. The van der Waals surface area contributed by atoms with Crippen LogP contribution in [0.5, 0.6) is 0 Å². The summed E-state index contributed by atoms with van der Waals surface area (Å²) >= 11 is 0. The number of rotatable bonds is 7. The van der Waals surface area contributed by atoms with Crippen LogP contribution in [0.15, 0.2) is 30.3 Å².